The normalized spacial score (nSPS) is 23.3. The number of piperidine rings is 1. The third-order valence-corrected chi connectivity index (χ3v) is 5.75. The Morgan fingerprint density at radius 3 is 2.78 bits per heavy atom. The van der Waals surface area contributed by atoms with E-state index in [-0.39, 0.29) is 11.8 Å². The lowest BCUT2D eigenvalue weighted by molar-refractivity contribution is 0.0764. The van der Waals surface area contributed by atoms with Gasteiger partial charge in [0.05, 0.1) is 11.8 Å². The largest absolute Gasteiger partial charge is 0.459 e. The van der Waals surface area contributed by atoms with Gasteiger partial charge in [-0.2, -0.15) is 0 Å². The highest BCUT2D eigenvalue weighted by atomic mass is 16.3. The lowest BCUT2D eigenvalue weighted by atomic mass is 10.1. The van der Waals surface area contributed by atoms with Crippen molar-refractivity contribution >= 4 is 22.7 Å². The number of likely N-dealkylation sites (tertiary alicyclic amines) is 1. The molecule has 1 aliphatic heterocycles. The number of nitrogens with zero attached hydrogens (tertiary/aromatic N) is 2. The quantitative estimate of drug-likeness (QED) is 0.775. The minimum absolute atomic E-state index is 0.0631. The number of hydrogen-bond donors (Lipinski definition) is 1. The molecule has 2 aromatic heterocycles. The summed E-state index contributed by atoms with van der Waals surface area (Å²) in [5, 5.41) is 3.96. The molecule has 1 aliphatic carbocycles. The Bertz CT molecular complexity index is 1000. The molecule has 5 rings (SSSR count). The van der Waals surface area contributed by atoms with Crippen LogP contribution in [0.2, 0.25) is 0 Å². The first-order valence-corrected chi connectivity index (χ1v) is 9.16. The molecular formula is C21H19N3O3. The highest BCUT2D eigenvalue weighted by Crippen LogP contribution is 2.51. The third-order valence-electron chi connectivity index (χ3n) is 5.75. The second kappa shape index (κ2) is 6.23. The Morgan fingerprint density at radius 1 is 1.15 bits per heavy atom. The number of amides is 2. The van der Waals surface area contributed by atoms with E-state index in [0.717, 1.165) is 24.0 Å². The summed E-state index contributed by atoms with van der Waals surface area (Å²) in [4.78, 5) is 31.0. The number of carbonyl (C=O) groups is 2. The van der Waals surface area contributed by atoms with E-state index in [1.54, 1.807) is 18.3 Å². The molecule has 2 atom stereocenters. The number of rotatable bonds is 4. The number of fused-ring (bicyclic) bond motifs is 2. The van der Waals surface area contributed by atoms with Crippen LogP contribution in [-0.4, -0.2) is 41.3 Å². The molecule has 1 saturated carbocycles. The van der Waals surface area contributed by atoms with Gasteiger partial charge in [0.2, 0.25) is 0 Å². The first-order chi connectivity index (χ1) is 13.2. The van der Waals surface area contributed by atoms with Crippen LogP contribution in [0.25, 0.3) is 10.9 Å². The van der Waals surface area contributed by atoms with E-state index in [2.05, 4.69) is 10.3 Å². The average molecular weight is 361 g/mol. The highest BCUT2D eigenvalue weighted by molar-refractivity contribution is 5.98. The average Bonchev–Trinajstić information content (AvgIpc) is 3.12. The second-order valence-electron chi connectivity index (χ2n) is 7.30. The Morgan fingerprint density at radius 2 is 2.00 bits per heavy atom. The van der Waals surface area contributed by atoms with Crippen molar-refractivity contribution in [1.29, 1.82) is 0 Å². The van der Waals surface area contributed by atoms with E-state index in [1.807, 2.05) is 35.2 Å². The standard InChI is InChI=1S/C21H19N3O3/c25-20(19-4-2-8-27-19)23-10-15-16-11-24(12-17(15)16)21(26)14-6-5-13-3-1-7-22-18(13)9-14/h1-9,15-17H,10-12H2,(H,23,25). The van der Waals surface area contributed by atoms with Gasteiger partial charge >= 0.3 is 0 Å². The first-order valence-electron chi connectivity index (χ1n) is 9.16. The summed E-state index contributed by atoms with van der Waals surface area (Å²) in [6.07, 6.45) is 3.23. The first kappa shape index (κ1) is 16.1. The number of furan rings is 1. The fraction of sp³-hybridized carbons (Fsp3) is 0.286. The summed E-state index contributed by atoms with van der Waals surface area (Å²) in [5.74, 6) is 1.62. The molecular weight excluding hydrogens is 342 g/mol. The molecule has 0 radical (unpaired) electrons. The van der Waals surface area contributed by atoms with Crippen molar-refractivity contribution in [3.8, 4) is 0 Å². The summed E-state index contributed by atoms with van der Waals surface area (Å²) in [7, 11) is 0. The van der Waals surface area contributed by atoms with Crippen LogP contribution in [0.5, 0.6) is 0 Å². The van der Waals surface area contributed by atoms with E-state index in [0.29, 0.717) is 35.6 Å². The fourth-order valence-corrected chi connectivity index (χ4v) is 4.21. The second-order valence-corrected chi connectivity index (χ2v) is 7.30. The molecule has 6 heteroatoms. The van der Waals surface area contributed by atoms with Crippen LogP contribution in [0.1, 0.15) is 20.9 Å². The number of pyridine rings is 1. The van der Waals surface area contributed by atoms with E-state index < -0.39 is 0 Å². The molecule has 1 N–H and O–H groups in total. The number of nitrogens with one attached hydrogen (secondary N) is 1. The van der Waals surface area contributed by atoms with Gasteiger partial charge in [0.25, 0.3) is 11.8 Å². The fourth-order valence-electron chi connectivity index (χ4n) is 4.21. The number of benzene rings is 1. The van der Waals surface area contributed by atoms with Crippen LogP contribution in [-0.2, 0) is 0 Å². The highest BCUT2D eigenvalue weighted by Gasteiger charge is 2.56. The number of hydrogen-bond acceptors (Lipinski definition) is 4. The molecule has 136 valence electrons. The van der Waals surface area contributed by atoms with E-state index in [1.165, 1.54) is 6.26 Å². The van der Waals surface area contributed by atoms with Gasteiger partial charge < -0.3 is 14.6 Å². The van der Waals surface area contributed by atoms with Crippen molar-refractivity contribution in [2.75, 3.05) is 19.6 Å². The van der Waals surface area contributed by atoms with Gasteiger partial charge in [-0.25, -0.2) is 0 Å². The van der Waals surface area contributed by atoms with Crippen LogP contribution in [0, 0.1) is 17.8 Å². The minimum atomic E-state index is -0.179. The van der Waals surface area contributed by atoms with Gasteiger partial charge in [-0.1, -0.05) is 12.1 Å². The zero-order valence-corrected chi connectivity index (χ0v) is 14.7. The molecule has 1 saturated heterocycles. The molecule has 3 heterocycles. The van der Waals surface area contributed by atoms with E-state index >= 15 is 0 Å². The summed E-state index contributed by atoms with van der Waals surface area (Å²) in [6.45, 7) is 2.15. The topological polar surface area (TPSA) is 75.4 Å². The van der Waals surface area contributed by atoms with E-state index in [4.69, 9.17) is 4.42 Å². The van der Waals surface area contributed by atoms with Crippen LogP contribution >= 0.6 is 0 Å². The molecule has 0 spiro atoms. The maximum atomic E-state index is 12.8. The summed E-state index contributed by atoms with van der Waals surface area (Å²) < 4.78 is 5.10. The van der Waals surface area contributed by atoms with Gasteiger partial charge in [-0.05, 0) is 48.1 Å². The van der Waals surface area contributed by atoms with Gasteiger partial charge in [0, 0.05) is 36.8 Å². The monoisotopic (exact) mass is 361 g/mol. The van der Waals surface area contributed by atoms with Crippen LogP contribution < -0.4 is 5.32 Å². The maximum absolute atomic E-state index is 12.8. The third kappa shape index (κ3) is 2.87. The zero-order valence-electron chi connectivity index (χ0n) is 14.7. The van der Waals surface area contributed by atoms with Crippen LogP contribution in [0.3, 0.4) is 0 Å². The predicted molar refractivity (Wildman–Crippen MR) is 99.2 cm³/mol. The summed E-state index contributed by atoms with van der Waals surface area (Å²) in [5.41, 5.74) is 1.52. The maximum Gasteiger partial charge on any atom is 0.286 e. The molecule has 2 fully saturated rings. The summed E-state index contributed by atoms with van der Waals surface area (Å²) >= 11 is 0. The molecule has 2 unspecified atom stereocenters. The molecule has 1 aromatic carbocycles. The van der Waals surface area contributed by atoms with Crippen molar-refractivity contribution in [3.05, 3.63) is 66.2 Å². The molecule has 0 bridgehead atoms. The zero-order chi connectivity index (χ0) is 18.4. The Labute approximate surface area is 156 Å². The van der Waals surface area contributed by atoms with Gasteiger partial charge in [-0.3, -0.25) is 14.6 Å². The summed E-state index contributed by atoms with van der Waals surface area (Å²) in [6, 6.07) is 12.9. The molecule has 2 amide bonds. The predicted octanol–water partition coefficient (Wildman–Crippen LogP) is 2.58. The van der Waals surface area contributed by atoms with Crippen molar-refractivity contribution in [2.45, 2.75) is 0 Å². The minimum Gasteiger partial charge on any atom is -0.459 e. The lowest BCUT2D eigenvalue weighted by Gasteiger charge is -2.20. The SMILES string of the molecule is O=C(NCC1C2CN(C(=O)c3ccc4cccnc4c3)CC12)c1ccco1. The van der Waals surface area contributed by atoms with Gasteiger partial charge in [-0.15, -0.1) is 0 Å². The van der Waals surface area contributed by atoms with E-state index in [9.17, 15) is 9.59 Å². The van der Waals surface area contributed by atoms with Gasteiger partial charge in [0.1, 0.15) is 0 Å². The molecule has 3 aromatic rings. The Kier molecular flexibility index (Phi) is 3.70. The van der Waals surface area contributed by atoms with Crippen molar-refractivity contribution < 1.29 is 14.0 Å². The Balaban J connectivity index is 1.18. The number of aromatic nitrogens is 1. The molecule has 2 aliphatic rings. The van der Waals surface area contributed by atoms with Crippen molar-refractivity contribution in [1.82, 2.24) is 15.2 Å². The van der Waals surface area contributed by atoms with Crippen molar-refractivity contribution in [2.24, 2.45) is 17.8 Å². The van der Waals surface area contributed by atoms with Crippen molar-refractivity contribution in [3.63, 3.8) is 0 Å². The lowest BCUT2D eigenvalue weighted by Crippen LogP contribution is -2.34. The Hall–Kier alpha value is -3.15. The smallest absolute Gasteiger partial charge is 0.286 e. The van der Waals surface area contributed by atoms with Crippen LogP contribution in [0.4, 0.5) is 0 Å². The number of carbonyl (C=O) groups excluding carboxylic acids is 2. The molecule has 27 heavy (non-hydrogen) atoms. The van der Waals surface area contributed by atoms with Crippen LogP contribution in [0.15, 0.2) is 59.3 Å². The van der Waals surface area contributed by atoms with Gasteiger partial charge in [0.15, 0.2) is 5.76 Å². The molecule has 6 nitrogen and oxygen atoms in total.